The van der Waals surface area contributed by atoms with E-state index >= 15 is 0 Å². The summed E-state index contributed by atoms with van der Waals surface area (Å²) in [5, 5.41) is 4.73. The molecule has 0 unspecified atom stereocenters. The van der Waals surface area contributed by atoms with Gasteiger partial charge in [0.05, 0.1) is 12.2 Å². The summed E-state index contributed by atoms with van der Waals surface area (Å²) < 4.78 is 0. The van der Waals surface area contributed by atoms with E-state index in [9.17, 15) is 0 Å². The molecule has 0 aromatic carbocycles. The van der Waals surface area contributed by atoms with E-state index in [-0.39, 0.29) is 0 Å². The lowest BCUT2D eigenvalue weighted by Gasteiger charge is -2.26. The minimum absolute atomic E-state index is 1.07. The highest BCUT2D eigenvalue weighted by atomic mass is 32.1. The van der Waals surface area contributed by atoms with Gasteiger partial charge in [0.1, 0.15) is 5.01 Å². The molecule has 0 saturated carbocycles. The van der Waals surface area contributed by atoms with Crippen molar-refractivity contribution in [2.24, 2.45) is 0 Å². The molecule has 0 radical (unpaired) electrons. The molecule has 3 nitrogen and oxygen atoms in total. The van der Waals surface area contributed by atoms with Crippen LogP contribution in [0.25, 0.3) is 0 Å². The molecule has 16 heavy (non-hydrogen) atoms. The normalized spacial score (nSPS) is 22.0. The van der Waals surface area contributed by atoms with Gasteiger partial charge in [-0.3, -0.25) is 4.90 Å². The number of hydrogen-bond donors (Lipinski definition) is 1. The van der Waals surface area contributed by atoms with Crippen LogP contribution >= 0.6 is 11.3 Å². The van der Waals surface area contributed by atoms with Gasteiger partial charge in [0.25, 0.3) is 0 Å². The van der Waals surface area contributed by atoms with E-state index in [1.807, 2.05) is 11.3 Å². The number of rotatable bonds is 2. The standard InChI is InChI=1S/C12H19N3S/c1-2-4-11-10(3-1)14-12(16-11)9-15-7-5-13-6-8-15/h13H,1-9H2. The van der Waals surface area contributed by atoms with Crippen LogP contribution in [-0.2, 0) is 19.4 Å². The third kappa shape index (κ3) is 2.29. The van der Waals surface area contributed by atoms with Crippen LogP contribution in [0.15, 0.2) is 0 Å². The first-order chi connectivity index (χ1) is 7.92. The summed E-state index contributed by atoms with van der Waals surface area (Å²) in [7, 11) is 0. The fourth-order valence-corrected chi connectivity index (χ4v) is 3.73. The molecule has 0 bridgehead atoms. The van der Waals surface area contributed by atoms with E-state index in [2.05, 4.69) is 10.2 Å². The van der Waals surface area contributed by atoms with Gasteiger partial charge in [-0.15, -0.1) is 11.3 Å². The average molecular weight is 237 g/mol. The first-order valence-corrected chi connectivity index (χ1v) is 7.14. The molecule has 1 fully saturated rings. The SMILES string of the molecule is C1CCc2sc(CN3CCNCC3)nc2C1. The number of aromatic nitrogens is 1. The van der Waals surface area contributed by atoms with Gasteiger partial charge in [-0.05, 0) is 25.7 Å². The number of aryl methyl sites for hydroxylation is 2. The number of piperazine rings is 1. The number of nitrogens with one attached hydrogen (secondary N) is 1. The molecule has 0 amide bonds. The van der Waals surface area contributed by atoms with Gasteiger partial charge in [0.2, 0.25) is 0 Å². The van der Waals surface area contributed by atoms with Crippen LogP contribution in [0.5, 0.6) is 0 Å². The van der Waals surface area contributed by atoms with E-state index < -0.39 is 0 Å². The van der Waals surface area contributed by atoms with Crippen LogP contribution in [0.3, 0.4) is 0 Å². The molecular formula is C12H19N3S. The topological polar surface area (TPSA) is 28.2 Å². The molecule has 3 rings (SSSR count). The highest BCUT2D eigenvalue weighted by molar-refractivity contribution is 7.11. The first-order valence-electron chi connectivity index (χ1n) is 6.32. The second-order valence-corrected chi connectivity index (χ2v) is 5.88. The molecule has 1 saturated heterocycles. The summed E-state index contributed by atoms with van der Waals surface area (Å²) in [5.74, 6) is 0. The Morgan fingerprint density at radius 2 is 2.00 bits per heavy atom. The summed E-state index contributed by atoms with van der Waals surface area (Å²) >= 11 is 1.96. The van der Waals surface area contributed by atoms with E-state index in [0.717, 1.165) is 19.6 Å². The zero-order chi connectivity index (χ0) is 10.8. The van der Waals surface area contributed by atoms with E-state index in [1.54, 1.807) is 4.88 Å². The third-order valence-electron chi connectivity index (χ3n) is 3.46. The van der Waals surface area contributed by atoms with Crippen molar-refractivity contribution in [2.45, 2.75) is 32.2 Å². The molecule has 1 aromatic heterocycles. The maximum absolute atomic E-state index is 4.80. The molecular weight excluding hydrogens is 218 g/mol. The van der Waals surface area contributed by atoms with E-state index in [0.29, 0.717) is 0 Å². The van der Waals surface area contributed by atoms with Crippen molar-refractivity contribution in [3.8, 4) is 0 Å². The fourth-order valence-electron chi connectivity index (χ4n) is 2.53. The van der Waals surface area contributed by atoms with Crippen molar-refractivity contribution >= 4 is 11.3 Å². The molecule has 2 heterocycles. The Bertz CT molecular complexity index is 332. The minimum atomic E-state index is 1.07. The second-order valence-electron chi connectivity index (χ2n) is 4.71. The molecule has 1 aromatic rings. The predicted molar refractivity (Wildman–Crippen MR) is 66.9 cm³/mol. The molecule has 88 valence electrons. The fraction of sp³-hybridized carbons (Fsp3) is 0.750. The van der Waals surface area contributed by atoms with Crippen LogP contribution in [-0.4, -0.2) is 36.1 Å². The van der Waals surface area contributed by atoms with Crippen molar-refractivity contribution in [3.63, 3.8) is 0 Å². The van der Waals surface area contributed by atoms with Gasteiger partial charge in [-0.25, -0.2) is 4.98 Å². The van der Waals surface area contributed by atoms with Crippen LogP contribution in [0.2, 0.25) is 0 Å². The van der Waals surface area contributed by atoms with Gasteiger partial charge in [-0.1, -0.05) is 0 Å². The average Bonchev–Trinajstić information content (AvgIpc) is 2.72. The number of nitrogens with zero attached hydrogens (tertiary/aromatic N) is 2. The highest BCUT2D eigenvalue weighted by Crippen LogP contribution is 2.27. The summed E-state index contributed by atoms with van der Waals surface area (Å²) in [5.41, 5.74) is 1.40. The Morgan fingerprint density at radius 3 is 2.81 bits per heavy atom. The van der Waals surface area contributed by atoms with Crippen molar-refractivity contribution in [3.05, 3.63) is 15.6 Å². The van der Waals surface area contributed by atoms with Crippen molar-refractivity contribution in [1.82, 2.24) is 15.2 Å². The molecule has 2 aliphatic rings. The number of hydrogen-bond acceptors (Lipinski definition) is 4. The Labute approximate surface area is 101 Å². The van der Waals surface area contributed by atoms with Gasteiger partial charge in [0, 0.05) is 31.1 Å². The van der Waals surface area contributed by atoms with Crippen LogP contribution in [0, 0.1) is 0 Å². The Kier molecular flexibility index (Phi) is 3.22. The smallest absolute Gasteiger partial charge is 0.107 e. The second kappa shape index (κ2) is 4.82. The minimum Gasteiger partial charge on any atom is -0.314 e. The van der Waals surface area contributed by atoms with Gasteiger partial charge in [-0.2, -0.15) is 0 Å². The summed E-state index contributed by atoms with van der Waals surface area (Å²) in [6, 6.07) is 0. The largest absolute Gasteiger partial charge is 0.314 e. The lowest BCUT2D eigenvalue weighted by molar-refractivity contribution is 0.233. The highest BCUT2D eigenvalue weighted by Gasteiger charge is 2.17. The van der Waals surface area contributed by atoms with Crippen LogP contribution in [0.1, 0.15) is 28.4 Å². The monoisotopic (exact) mass is 237 g/mol. The quantitative estimate of drug-likeness (QED) is 0.843. The molecule has 1 aliphatic carbocycles. The molecule has 1 N–H and O–H groups in total. The predicted octanol–water partition coefficient (Wildman–Crippen LogP) is 1.43. The van der Waals surface area contributed by atoms with E-state index in [1.165, 1.54) is 49.5 Å². The van der Waals surface area contributed by atoms with Crippen molar-refractivity contribution in [1.29, 1.82) is 0 Å². The van der Waals surface area contributed by atoms with Crippen molar-refractivity contribution < 1.29 is 0 Å². The van der Waals surface area contributed by atoms with Gasteiger partial charge >= 0.3 is 0 Å². The number of thiazole rings is 1. The van der Waals surface area contributed by atoms with Crippen LogP contribution in [0.4, 0.5) is 0 Å². The van der Waals surface area contributed by atoms with Crippen LogP contribution < -0.4 is 5.32 Å². The van der Waals surface area contributed by atoms with Gasteiger partial charge < -0.3 is 5.32 Å². The summed E-state index contributed by atoms with van der Waals surface area (Å²) in [6.45, 7) is 5.67. The maximum atomic E-state index is 4.80. The first kappa shape index (κ1) is 10.7. The zero-order valence-corrected chi connectivity index (χ0v) is 10.5. The maximum Gasteiger partial charge on any atom is 0.107 e. The molecule has 4 heteroatoms. The Balaban J connectivity index is 1.67. The zero-order valence-electron chi connectivity index (χ0n) is 9.67. The van der Waals surface area contributed by atoms with Gasteiger partial charge in [0.15, 0.2) is 0 Å². The van der Waals surface area contributed by atoms with E-state index in [4.69, 9.17) is 4.98 Å². The van der Waals surface area contributed by atoms with Crippen molar-refractivity contribution in [2.75, 3.05) is 26.2 Å². The number of fused-ring (bicyclic) bond motifs is 1. The molecule has 0 atom stereocenters. The lowest BCUT2D eigenvalue weighted by Crippen LogP contribution is -2.42. The molecule has 1 aliphatic heterocycles. The Hall–Kier alpha value is -0.450. The Morgan fingerprint density at radius 1 is 1.19 bits per heavy atom. The summed E-state index contributed by atoms with van der Waals surface area (Å²) in [6.07, 6.45) is 5.19. The third-order valence-corrected chi connectivity index (χ3v) is 4.60. The lowest BCUT2D eigenvalue weighted by atomic mass is 10.0. The summed E-state index contributed by atoms with van der Waals surface area (Å²) in [4.78, 5) is 8.88. The molecule has 0 spiro atoms.